The van der Waals surface area contributed by atoms with E-state index in [0.29, 0.717) is 0 Å². The topological polar surface area (TPSA) is 144 Å². The number of hydrogen-bond acceptors (Lipinski definition) is 6. The number of carbonyl (C=O) groups excluding carboxylic acids is 5. The van der Waals surface area contributed by atoms with Gasteiger partial charge in [-0.3, -0.25) is 24.0 Å². The number of nitrogens with zero attached hydrogens (tertiary/aromatic N) is 3. The van der Waals surface area contributed by atoms with Crippen LogP contribution in [0, 0.1) is 5.92 Å². The normalized spacial score (nSPS) is 15.8. The van der Waals surface area contributed by atoms with E-state index in [0.717, 1.165) is 16.9 Å². The first-order chi connectivity index (χ1) is 18.0. The van der Waals surface area contributed by atoms with Gasteiger partial charge in [0.15, 0.2) is 0 Å². The molecule has 4 amide bonds. The standard InChI is InChI=1S/C27H30N4O7/c1-17(2)13-24(34)29-15-21(28-26(37)19-9-5-4-6-10-19)27(38)31(23-12-8-7-11-22(23)29)30(18(3)33)20(16-32)14-25(35)36/h4-12,16-17,20-21H,13-15H2,1-3H3,(H,28,37)(H,35,36)/t20-,21-/m0/s1. The minimum Gasteiger partial charge on any atom is -0.481 e. The molecule has 1 aliphatic heterocycles. The molecule has 38 heavy (non-hydrogen) atoms. The number of carbonyl (C=O) groups is 6. The van der Waals surface area contributed by atoms with E-state index in [-0.39, 0.29) is 48.0 Å². The highest BCUT2D eigenvalue weighted by Crippen LogP contribution is 2.35. The maximum Gasteiger partial charge on any atom is 0.305 e. The summed E-state index contributed by atoms with van der Waals surface area (Å²) < 4.78 is 0. The van der Waals surface area contributed by atoms with E-state index in [1.165, 1.54) is 11.0 Å². The van der Waals surface area contributed by atoms with Gasteiger partial charge in [0.2, 0.25) is 11.8 Å². The molecule has 0 radical (unpaired) electrons. The maximum absolute atomic E-state index is 14.0. The average molecular weight is 523 g/mol. The Morgan fingerprint density at radius 2 is 1.63 bits per heavy atom. The predicted octanol–water partition coefficient (Wildman–Crippen LogP) is 2.02. The zero-order chi connectivity index (χ0) is 28.0. The number of nitrogens with one attached hydrogen (secondary N) is 1. The van der Waals surface area contributed by atoms with Crippen LogP contribution in [0.3, 0.4) is 0 Å². The molecule has 2 atom stereocenters. The van der Waals surface area contributed by atoms with Crippen LogP contribution in [0.1, 0.15) is 44.0 Å². The lowest BCUT2D eigenvalue weighted by molar-refractivity contribution is -0.145. The Balaban J connectivity index is 2.18. The largest absolute Gasteiger partial charge is 0.481 e. The first kappa shape index (κ1) is 28.0. The number of hydrazine groups is 1. The number of para-hydroxylation sites is 2. The van der Waals surface area contributed by atoms with Crippen LogP contribution in [0.5, 0.6) is 0 Å². The van der Waals surface area contributed by atoms with Gasteiger partial charge in [0.25, 0.3) is 11.8 Å². The number of hydrogen-bond donors (Lipinski definition) is 2. The van der Waals surface area contributed by atoms with Gasteiger partial charge in [-0.1, -0.05) is 44.2 Å². The lowest BCUT2D eigenvalue weighted by atomic mass is 10.1. The summed E-state index contributed by atoms with van der Waals surface area (Å²) in [5, 5.41) is 13.7. The van der Waals surface area contributed by atoms with Crippen LogP contribution >= 0.6 is 0 Å². The fourth-order valence-corrected chi connectivity index (χ4v) is 4.25. The van der Waals surface area contributed by atoms with Crippen LogP contribution in [0.2, 0.25) is 0 Å². The zero-order valence-electron chi connectivity index (χ0n) is 21.4. The molecule has 0 fully saturated rings. The smallest absolute Gasteiger partial charge is 0.305 e. The number of carboxylic acid groups (broad SMARTS) is 1. The number of benzene rings is 2. The van der Waals surface area contributed by atoms with Gasteiger partial charge in [-0.15, -0.1) is 0 Å². The van der Waals surface area contributed by atoms with Crippen molar-refractivity contribution in [3.63, 3.8) is 0 Å². The molecule has 0 bridgehead atoms. The molecule has 1 aliphatic rings. The molecular weight excluding hydrogens is 492 g/mol. The molecule has 0 aliphatic carbocycles. The van der Waals surface area contributed by atoms with Crippen LogP contribution in [-0.4, -0.2) is 64.6 Å². The number of fused-ring (bicyclic) bond motifs is 1. The van der Waals surface area contributed by atoms with Gasteiger partial charge in [-0.25, -0.2) is 10.0 Å². The number of aldehydes is 1. The minimum absolute atomic E-state index is 0.00851. The first-order valence-electron chi connectivity index (χ1n) is 12.1. The summed E-state index contributed by atoms with van der Waals surface area (Å²) in [6.45, 7) is 4.59. The lowest BCUT2D eigenvalue weighted by Crippen LogP contribution is -2.61. The highest BCUT2D eigenvalue weighted by atomic mass is 16.4. The van der Waals surface area contributed by atoms with E-state index in [4.69, 9.17) is 0 Å². The molecule has 200 valence electrons. The lowest BCUT2D eigenvalue weighted by Gasteiger charge is -2.38. The maximum atomic E-state index is 14.0. The van der Waals surface area contributed by atoms with Crippen LogP contribution < -0.4 is 15.2 Å². The highest BCUT2D eigenvalue weighted by molar-refractivity contribution is 6.10. The number of amides is 4. The van der Waals surface area contributed by atoms with Crippen LogP contribution in [0.25, 0.3) is 0 Å². The number of carboxylic acids is 1. The summed E-state index contributed by atoms with van der Waals surface area (Å²) in [6, 6.07) is 11.6. The highest BCUT2D eigenvalue weighted by Gasteiger charge is 2.42. The van der Waals surface area contributed by atoms with Crippen molar-refractivity contribution in [2.24, 2.45) is 5.92 Å². The third-order valence-corrected chi connectivity index (χ3v) is 5.89. The van der Waals surface area contributed by atoms with Gasteiger partial charge >= 0.3 is 5.97 Å². The van der Waals surface area contributed by atoms with Crippen molar-refractivity contribution in [2.75, 3.05) is 16.5 Å². The Labute approximate surface area is 220 Å². The van der Waals surface area contributed by atoms with Crippen LogP contribution in [0.4, 0.5) is 11.4 Å². The summed E-state index contributed by atoms with van der Waals surface area (Å²) >= 11 is 0. The molecule has 2 aromatic carbocycles. The quantitative estimate of drug-likeness (QED) is 0.479. The molecule has 0 spiro atoms. The van der Waals surface area contributed by atoms with E-state index < -0.39 is 42.2 Å². The Bertz CT molecular complexity index is 1230. The molecule has 11 nitrogen and oxygen atoms in total. The zero-order valence-corrected chi connectivity index (χ0v) is 21.4. The molecule has 11 heteroatoms. The van der Waals surface area contributed by atoms with Crippen molar-refractivity contribution < 1.29 is 33.9 Å². The SMILES string of the molecule is CC(=O)N([C@H](C=O)CC(=O)O)N1C(=O)[C@@H](NC(=O)c2ccccc2)CN(C(=O)CC(C)C)c2ccccc21. The number of rotatable bonds is 9. The molecule has 0 unspecified atom stereocenters. The third kappa shape index (κ3) is 6.23. The Morgan fingerprint density at radius 1 is 1.03 bits per heavy atom. The fourth-order valence-electron chi connectivity index (χ4n) is 4.25. The minimum atomic E-state index is -1.52. The Morgan fingerprint density at radius 3 is 2.18 bits per heavy atom. The predicted molar refractivity (Wildman–Crippen MR) is 138 cm³/mol. The van der Waals surface area contributed by atoms with E-state index >= 15 is 0 Å². The van der Waals surface area contributed by atoms with Gasteiger partial charge in [0.1, 0.15) is 18.4 Å². The second-order valence-corrected chi connectivity index (χ2v) is 9.30. The van der Waals surface area contributed by atoms with E-state index in [1.54, 1.807) is 48.5 Å². The first-order valence-corrected chi connectivity index (χ1v) is 12.1. The molecular formula is C27H30N4O7. The van der Waals surface area contributed by atoms with Crippen molar-refractivity contribution in [3.8, 4) is 0 Å². The number of aliphatic carboxylic acids is 1. The molecule has 3 rings (SSSR count). The third-order valence-electron chi connectivity index (χ3n) is 5.89. The van der Waals surface area contributed by atoms with Crippen LogP contribution in [0.15, 0.2) is 54.6 Å². The van der Waals surface area contributed by atoms with Crippen molar-refractivity contribution >= 4 is 47.3 Å². The average Bonchev–Trinajstić information content (AvgIpc) is 2.98. The second-order valence-electron chi connectivity index (χ2n) is 9.30. The molecule has 0 saturated heterocycles. The van der Waals surface area contributed by atoms with E-state index in [2.05, 4.69) is 5.32 Å². The molecule has 2 N–H and O–H groups in total. The van der Waals surface area contributed by atoms with Gasteiger partial charge in [0.05, 0.1) is 24.3 Å². The summed E-state index contributed by atoms with van der Waals surface area (Å²) in [7, 11) is 0. The number of anilines is 2. The molecule has 0 aromatic heterocycles. The summed E-state index contributed by atoms with van der Waals surface area (Å²) in [5.41, 5.74) is 0.640. The Kier molecular flexibility index (Phi) is 8.95. The van der Waals surface area contributed by atoms with Crippen LogP contribution in [-0.2, 0) is 24.0 Å². The van der Waals surface area contributed by atoms with Gasteiger partial charge < -0.3 is 20.1 Å². The molecule has 1 heterocycles. The van der Waals surface area contributed by atoms with Crippen molar-refractivity contribution in [1.82, 2.24) is 10.3 Å². The van der Waals surface area contributed by atoms with E-state index in [1.807, 2.05) is 13.8 Å². The van der Waals surface area contributed by atoms with Gasteiger partial charge in [0, 0.05) is 18.9 Å². The summed E-state index contributed by atoms with van der Waals surface area (Å²) in [6.07, 6.45) is -0.337. The van der Waals surface area contributed by atoms with E-state index in [9.17, 15) is 33.9 Å². The molecule has 2 aromatic rings. The van der Waals surface area contributed by atoms with Crippen molar-refractivity contribution in [2.45, 2.75) is 45.7 Å². The second kappa shape index (κ2) is 12.1. The van der Waals surface area contributed by atoms with Crippen molar-refractivity contribution in [3.05, 3.63) is 60.2 Å². The monoisotopic (exact) mass is 522 g/mol. The van der Waals surface area contributed by atoms with Gasteiger partial charge in [-0.05, 0) is 30.2 Å². The Hall–Kier alpha value is -4.54. The fraction of sp³-hybridized carbons (Fsp3) is 0.333. The summed E-state index contributed by atoms with van der Waals surface area (Å²) in [5.74, 6) is -3.85. The molecule has 0 saturated carbocycles. The summed E-state index contributed by atoms with van der Waals surface area (Å²) in [4.78, 5) is 78.0. The van der Waals surface area contributed by atoms with Gasteiger partial charge in [-0.2, -0.15) is 0 Å². The van der Waals surface area contributed by atoms with Crippen molar-refractivity contribution in [1.29, 1.82) is 0 Å².